The van der Waals surface area contributed by atoms with Gasteiger partial charge in [-0.2, -0.15) is 0 Å². The Balaban J connectivity index is 2.56. The van der Waals surface area contributed by atoms with Gasteiger partial charge >= 0.3 is 0 Å². The molecule has 0 saturated carbocycles. The molecule has 0 fully saturated rings. The first-order valence-electron chi connectivity index (χ1n) is 6.23. The molecule has 0 amide bonds. The van der Waals surface area contributed by atoms with E-state index in [0.717, 1.165) is 18.5 Å². The Labute approximate surface area is 103 Å². The predicted molar refractivity (Wildman–Crippen MR) is 75.0 cm³/mol. The van der Waals surface area contributed by atoms with Gasteiger partial charge in [-0.05, 0) is 47.2 Å². The zero-order valence-corrected chi connectivity index (χ0v) is 10.5. The minimum absolute atomic E-state index is 0.967. The minimum Gasteiger partial charge on any atom is -0.398 e. The highest BCUT2D eigenvalue weighted by molar-refractivity contribution is 5.70. The van der Waals surface area contributed by atoms with Crippen LogP contribution in [0.5, 0.6) is 0 Å². The molecule has 0 atom stereocenters. The third-order valence-electron chi connectivity index (χ3n) is 3.22. The Morgan fingerprint density at radius 1 is 0.824 bits per heavy atom. The van der Waals surface area contributed by atoms with E-state index in [4.69, 9.17) is 5.73 Å². The highest BCUT2D eigenvalue weighted by atomic mass is 14.6. The van der Waals surface area contributed by atoms with Gasteiger partial charge in [0.25, 0.3) is 0 Å². The molecule has 2 aromatic carbocycles. The fourth-order valence-corrected chi connectivity index (χ4v) is 2.16. The molecule has 0 bridgehead atoms. The molecule has 1 heteroatoms. The highest BCUT2D eigenvalue weighted by Gasteiger charge is 2.06. The molecular weight excluding hydrogens is 206 g/mol. The SMILES string of the molecule is CCc1cc(-c2ccccc2)cc(CC)c1N. The lowest BCUT2D eigenvalue weighted by molar-refractivity contribution is 1.10. The van der Waals surface area contributed by atoms with E-state index in [9.17, 15) is 0 Å². The summed E-state index contributed by atoms with van der Waals surface area (Å²) in [7, 11) is 0. The van der Waals surface area contributed by atoms with Gasteiger partial charge in [0.1, 0.15) is 0 Å². The Bertz CT molecular complexity index is 475. The third kappa shape index (κ3) is 2.33. The van der Waals surface area contributed by atoms with Crippen molar-refractivity contribution in [1.29, 1.82) is 0 Å². The van der Waals surface area contributed by atoms with Crippen molar-refractivity contribution >= 4 is 5.69 Å². The quantitative estimate of drug-likeness (QED) is 0.783. The lowest BCUT2D eigenvalue weighted by atomic mass is 9.96. The molecular formula is C16H19N. The van der Waals surface area contributed by atoms with E-state index in [1.54, 1.807) is 0 Å². The normalized spacial score (nSPS) is 10.5. The second kappa shape index (κ2) is 5.05. The van der Waals surface area contributed by atoms with E-state index in [2.05, 4.69) is 50.2 Å². The number of nitrogens with two attached hydrogens (primary N) is 1. The van der Waals surface area contributed by atoms with Crippen molar-refractivity contribution in [3.63, 3.8) is 0 Å². The third-order valence-corrected chi connectivity index (χ3v) is 3.22. The maximum atomic E-state index is 6.15. The van der Waals surface area contributed by atoms with Crippen molar-refractivity contribution in [2.45, 2.75) is 26.7 Å². The topological polar surface area (TPSA) is 26.0 Å². The molecule has 1 nitrogen and oxygen atoms in total. The number of aryl methyl sites for hydroxylation is 2. The zero-order valence-electron chi connectivity index (χ0n) is 10.5. The van der Waals surface area contributed by atoms with Gasteiger partial charge in [0.15, 0.2) is 0 Å². The van der Waals surface area contributed by atoms with Gasteiger partial charge in [-0.1, -0.05) is 44.2 Å². The summed E-state index contributed by atoms with van der Waals surface area (Å²) >= 11 is 0. The van der Waals surface area contributed by atoms with Crippen LogP contribution in [0, 0.1) is 0 Å². The van der Waals surface area contributed by atoms with Crippen molar-refractivity contribution in [2.75, 3.05) is 5.73 Å². The number of hydrogen-bond donors (Lipinski definition) is 1. The van der Waals surface area contributed by atoms with Crippen LogP contribution < -0.4 is 5.73 Å². The van der Waals surface area contributed by atoms with Crippen molar-refractivity contribution in [1.82, 2.24) is 0 Å². The number of anilines is 1. The molecule has 0 aromatic heterocycles. The molecule has 2 aromatic rings. The molecule has 88 valence electrons. The van der Waals surface area contributed by atoms with Crippen molar-refractivity contribution in [2.24, 2.45) is 0 Å². The van der Waals surface area contributed by atoms with E-state index >= 15 is 0 Å². The molecule has 2 N–H and O–H groups in total. The fraction of sp³-hybridized carbons (Fsp3) is 0.250. The van der Waals surface area contributed by atoms with E-state index < -0.39 is 0 Å². The average molecular weight is 225 g/mol. The van der Waals surface area contributed by atoms with Crippen LogP contribution in [-0.2, 0) is 12.8 Å². The number of hydrogen-bond acceptors (Lipinski definition) is 1. The van der Waals surface area contributed by atoms with Crippen LogP contribution in [-0.4, -0.2) is 0 Å². The molecule has 0 aliphatic carbocycles. The Morgan fingerprint density at radius 2 is 1.35 bits per heavy atom. The average Bonchev–Trinajstić information content (AvgIpc) is 2.40. The second-order valence-electron chi connectivity index (χ2n) is 4.28. The Hall–Kier alpha value is -1.76. The Kier molecular flexibility index (Phi) is 3.48. The van der Waals surface area contributed by atoms with Crippen LogP contribution in [0.2, 0.25) is 0 Å². The molecule has 0 aliphatic rings. The summed E-state index contributed by atoms with van der Waals surface area (Å²) in [6, 6.07) is 14.9. The summed E-state index contributed by atoms with van der Waals surface area (Å²) in [4.78, 5) is 0. The molecule has 0 spiro atoms. The fourth-order valence-electron chi connectivity index (χ4n) is 2.16. The smallest absolute Gasteiger partial charge is 0.0379 e. The van der Waals surface area contributed by atoms with Crippen molar-refractivity contribution in [3.05, 3.63) is 53.6 Å². The number of benzene rings is 2. The lowest BCUT2D eigenvalue weighted by Gasteiger charge is -2.12. The first kappa shape index (κ1) is 11.7. The minimum atomic E-state index is 0.967. The summed E-state index contributed by atoms with van der Waals surface area (Å²) in [5.74, 6) is 0. The van der Waals surface area contributed by atoms with E-state index in [-0.39, 0.29) is 0 Å². The van der Waals surface area contributed by atoms with Gasteiger partial charge in [-0.25, -0.2) is 0 Å². The largest absolute Gasteiger partial charge is 0.398 e. The summed E-state index contributed by atoms with van der Waals surface area (Å²) in [5.41, 5.74) is 12.2. The molecule has 0 heterocycles. The van der Waals surface area contributed by atoms with Gasteiger partial charge in [0, 0.05) is 5.69 Å². The molecule has 0 radical (unpaired) electrons. The van der Waals surface area contributed by atoms with Crippen molar-refractivity contribution in [3.8, 4) is 11.1 Å². The second-order valence-corrected chi connectivity index (χ2v) is 4.28. The van der Waals surface area contributed by atoms with E-state index in [1.165, 1.54) is 22.3 Å². The van der Waals surface area contributed by atoms with Crippen LogP contribution >= 0.6 is 0 Å². The summed E-state index contributed by atoms with van der Waals surface area (Å²) in [6.45, 7) is 4.31. The Morgan fingerprint density at radius 3 is 1.82 bits per heavy atom. The summed E-state index contributed by atoms with van der Waals surface area (Å²) < 4.78 is 0. The van der Waals surface area contributed by atoms with Crippen LogP contribution in [0.25, 0.3) is 11.1 Å². The van der Waals surface area contributed by atoms with Gasteiger partial charge in [-0.3, -0.25) is 0 Å². The number of nitrogen functional groups attached to an aromatic ring is 1. The maximum absolute atomic E-state index is 6.15. The van der Waals surface area contributed by atoms with Gasteiger partial charge in [0.2, 0.25) is 0 Å². The van der Waals surface area contributed by atoms with Gasteiger partial charge < -0.3 is 5.73 Å². The van der Waals surface area contributed by atoms with Gasteiger partial charge in [-0.15, -0.1) is 0 Å². The molecule has 17 heavy (non-hydrogen) atoms. The molecule has 0 saturated heterocycles. The summed E-state index contributed by atoms with van der Waals surface area (Å²) in [6.07, 6.45) is 1.97. The number of rotatable bonds is 3. The molecule has 0 unspecified atom stereocenters. The zero-order chi connectivity index (χ0) is 12.3. The monoisotopic (exact) mass is 225 g/mol. The predicted octanol–water partition coefficient (Wildman–Crippen LogP) is 4.06. The van der Waals surface area contributed by atoms with E-state index in [1.807, 2.05) is 6.07 Å². The molecule has 0 aliphatic heterocycles. The van der Waals surface area contributed by atoms with Crippen LogP contribution in [0.4, 0.5) is 5.69 Å². The lowest BCUT2D eigenvalue weighted by Crippen LogP contribution is -1.99. The van der Waals surface area contributed by atoms with Crippen LogP contribution in [0.3, 0.4) is 0 Å². The van der Waals surface area contributed by atoms with E-state index in [0.29, 0.717) is 0 Å². The van der Waals surface area contributed by atoms with Crippen molar-refractivity contribution < 1.29 is 0 Å². The van der Waals surface area contributed by atoms with Crippen LogP contribution in [0.15, 0.2) is 42.5 Å². The first-order valence-corrected chi connectivity index (χ1v) is 6.23. The van der Waals surface area contributed by atoms with Gasteiger partial charge in [0.05, 0.1) is 0 Å². The maximum Gasteiger partial charge on any atom is 0.0379 e. The molecule has 2 rings (SSSR count). The highest BCUT2D eigenvalue weighted by Crippen LogP contribution is 2.28. The van der Waals surface area contributed by atoms with Crippen LogP contribution in [0.1, 0.15) is 25.0 Å². The first-order chi connectivity index (χ1) is 8.26. The standard InChI is InChI=1S/C16H19N/c1-3-12-10-15(11-13(4-2)16(12)17)14-8-6-5-7-9-14/h5-11H,3-4,17H2,1-2H3. The summed E-state index contributed by atoms with van der Waals surface area (Å²) in [5, 5.41) is 0.